The van der Waals surface area contributed by atoms with Gasteiger partial charge in [-0.15, -0.1) is 0 Å². The molecular weight excluding hydrogens is 143 g/mol. The predicted molar refractivity (Wildman–Crippen MR) is 44.2 cm³/mol. The lowest BCUT2D eigenvalue weighted by atomic mass is 9.97. The van der Waals surface area contributed by atoms with E-state index in [0.717, 1.165) is 6.54 Å². The minimum absolute atomic E-state index is 0.0218. The second kappa shape index (κ2) is 3.07. The summed E-state index contributed by atoms with van der Waals surface area (Å²) >= 11 is 0. The molecule has 2 atom stereocenters. The van der Waals surface area contributed by atoms with E-state index in [2.05, 4.69) is 0 Å². The van der Waals surface area contributed by atoms with Crippen LogP contribution < -0.4 is 5.73 Å². The maximum absolute atomic E-state index is 13.7. The molecule has 0 aromatic carbocycles. The quantitative estimate of drug-likeness (QED) is 0.646. The van der Waals surface area contributed by atoms with Crippen LogP contribution in [0.4, 0.5) is 4.39 Å². The minimum Gasteiger partial charge on any atom is -0.328 e. The maximum atomic E-state index is 13.7. The topological polar surface area (TPSA) is 29.3 Å². The molecule has 0 aliphatic carbocycles. The Morgan fingerprint density at radius 3 is 2.73 bits per heavy atom. The summed E-state index contributed by atoms with van der Waals surface area (Å²) in [6.07, 6.45) is 1.14. The lowest BCUT2D eigenvalue weighted by molar-refractivity contribution is 0.151. The van der Waals surface area contributed by atoms with Gasteiger partial charge < -0.3 is 10.6 Å². The van der Waals surface area contributed by atoms with Gasteiger partial charge in [0.2, 0.25) is 0 Å². The Labute approximate surface area is 67.6 Å². The van der Waals surface area contributed by atoms with E-state index in [-0.39, 0.29) is 6.04 Å². The molecular formula is C8H17FN2. The molecule has 1 rings (SSSR count). The van der Waals surface area contributed by atoms with Crippen molar-refractivity contribution in [3.63, 3.8) is 0 Å². The molecule has 2 nitrogen and oxygen atoms in total. The highest BCUT2D eigenvalue weighted by molar-refractivity contribution is 4.91. The highest BCUT2D eigenvalue weighted by Gasteiger charge is 2.36. The average Bonchev–Trinajstić information content (AvgIpc) is 2.08. The second-order valence-corrected chi connectivity index (χ2v) is 3.82. The van der Waals surface area contributed by atoms with Crippen LogP contribution in [0.1, 0.15) is 19.8 Å². The van der Waals surface area contributed by atoms with E-state index in [1.54, 1.807) is 0 Å². The van der Waals surface area contributed by atoms with Crippen molar-refractivity contribution >= 4 is 0 Å². The number of hydrogen-bond acceptors (Lipinski definition) is 2. The molecule has 1 unspecified atom stereocenters. The average molecular weight is 160 g/mol. The van der Waals surface area contributed by atoms with E-state index in [4.69, 9.17) is 5.73 Å². The van der Waals surface area contributed by atoms with Crippen LogP contribution in [0.2, 0.25) is 0 Å². The molecule has 1 saturated heterocycles. The SMILES string of the molecule is CC(N)C[C@@]1(F)CCN(C)C1. The number of nitrogens with two attached hydrogens (primary N) is 1. The van der Waals surface area contributed by atoms with Gasteiger partial charge in [-0.2, -0.15) is 0 Å². The molecule has 66 valence electrons. The number of rotatable bonds is 2. The third-order valence-corrected chi connectivity index (χ3v) is 2.18. The monoisotopic (exact) mass is 160 g/mol. The molecule has 0 saturated carbocycles. The van der Waals surface area contributed by atoms with Crippen molar-refractivity contribution in [2.75, 3.05) is 20.1 Å². The third kappa shape index (κ3) is 2.42. The van der Waals surface area contributed by atoms with Crippen LogP contribution in [0.25, 0.3) is 0 Å². The fourth-order valence-corrected chi connectivity index (χ4v) is 1.78. The standard InChI is InChI=1S/C8H17FN2/c1-7(10)5-8(9)3-4-11(2)6-8/h7H,3-6,10H2,1-2H3/t7?,8-/m0/s1. The van der Waals surface area contributed by atoms with E-state index < -0.39 is 5.67 Å². The Morgan fingerprint density at radius 2 is 2.36 bits per heavy atom. The molecule has 1 aliphatic heterocycles. The number of alkyl halides is 1. The van der Waals surface area contributed by atoms with Gasteiger partial charge in [0.15, 0.2) is 0 Å². The molecule has 3 heteroatoms. The zero-order chi connectivity index (χ0) is 8.48. The number of hydrogen-bond donors (Lipinski definition) is 1. The summed E-state index contributed by atoms with van der Waals surface area (Å²) in [5.74, 6) is 0. The van der Waals surface area contributed by atoms with Crippen molar-refractivity contribution in [2.24, 2.45) is 5.73 Å². The van der Waals surface area contributed by atoms with Gasteiger partial charge in [-0.3, -0.25) is 0 Å². The summed E-state index contributed by atoms with van der Waals surface area (Å²) in [5.41, 5.74) is 4.53. The molecule has 0 bridgehead atoms. The highest BCUT2D eigenvalue weighted by atomic mass is 19.1. The van der Waals surface area contributed by atoms with Crippen molar-refractivity contribution in [3.8, 4) is 0 Å². The molecule has 0 spiro atoms. The van der Waals surface area contributed by atoms with E-state index in [9.17, 15) is 4.39 Å². The summed E-state index contributed by atoms with van der Waals surface area (Å²) in [7, 11) is 1.95. The number of likely N-dealkylation sites (tertiary alicyclic amines) is 1. The van der Waals surface area contributed by atoms with Crippen molar-refractivity contribution in [1.29, 1.82) is 0 Å². The Bertz CT molecular complexity index is 138. The van der Waals surface area contributed by atoms with Gasteiger partial charge in [-0.1, -0.05) is 0 Å². The van der Waals surface area contributed by atoms with Gasteiger partial charge in [0.25, 0.3) is 0 Å². The van der Waals surface area contributed by atoms with Crippen LogP contribution in [0.5, 0.6) is 0 Å². The van der Waals surface area contributed by atoms with Crippen molar-refractivity contribution in [3.05, 3.63) is 0 Å². The number of nitrogens with zero attached hydrogens (tertiary/aromatic N) is 1. The van der Waals surface area contributed by atoms with E-state index in [1.165, 1.54) is 0 Å². The van der Waals surface area contributed by atoms with Gasteiger partial charge in [0.1, 0.15) is 5.67 Å². The fourth-order valence-electron chi connectivity index (χ4n) is 1.78. The van der Waals surface area contributed by atoms with Crippen LogP contribution >= 0.6 is 0 Å². The number of halogens is 1. The van der Waals surface area contributed by atoms with Gasteiger partial charge in [-0.25, -0.2) is 4.39 Å². The normalized spacial score (nSPS) is 36.0. The smallest absolute Gasteiger partial charge is 0.126 e. The third-order valence-electron chi connectivity index (χ3n) is 2.18. The van der Waals surface area contributed by atoms with Crippen molar-refractivity contribution < 1.29 is 4.39 Å². The molecule has 1 heterocycles. The first-order valence-corrected chi connectivity index (χ1v) is 4.15. The molecule has 2 N–H and O–H groups in total. The maximum Gasteiger partial charge on any atom is 0.126 e. The molecule has 1 aliphatic rings. The van der Waals surface area contributed by atoms with Crippen molar-refractivity contribution in [2.45, 2.75) is 31.5 Å². The Balaban J connectivity index is 2.42. The largest absolute Gasteiger partial charge is 0.328 e. The predicted octanol–water partition coefficient (Wildman–Crippen LogP) is 0.768. The molecule has 0 radical (unpaired) electrons. The first kappa shape index (κ1) is 8.94. The fraction of sp³-hybridized carbons (Fsp3) is 1.00. The highest BCUT2D eigenvalue weighted by Crippen LogP contribution is 2.28. The van der Waals surface area contributed by atoms with E-state index >= 15 is 0 Å². The van der Waals surface area contributed by atoms with Crippen LogP contribution in [0, 0.1) is 0 Å². The second-order valence-electron chi connectivity index (χ2n) is 3.82. The lowest BCUT2D eigenvalue weighted by Crippen LogP contribution is -2.33. The van der Waals surface area contributed by atoms with Crippen LogP contribution in [0.3, 0.4) is 0 Å². The van der Waals surface area contributed by atoms with Gasteiger partial charge >= 0.3 is 0 Å². The van der Waals surface area contributed by atoms with Crippen LogP contribution in [-0.2, 0) is 0 Å². The summed E-state index contributed by atoms with van der Waals surface area (Å²) in [6.45, 7) is 3.28. The van der Waals surface area contributed by atoms with E-state index in [1.807, 2.05) is 18.9 Å². The Morgan fingerprint density at radius 1 is 1.73 bits per heavy atom. The lowest BCUT2D eigenvalue weighted by Gasteiger charge is -2.21. The summed E-state index contributed by atoms with van der Waals surface area (Å²) in [5, 5.41) is 0. The Hall–Kier alpha value is -0.150. The minimum atomic E-state index is -1.01. The molecule has 0 aromatic heterocycles. The molecule has 0 amide bonds. The van der Waals surface area contributed by atoms with E-state index in [0.29, 0.717) is 19.4 Å². The summed E-state index contributed by atoms with van der Waals surface area (Å²) in [6, 6.07) is -0.0218. The Kier molecular flexibility index (Phi) is 2.50. The van der Waals surface area contributed by atoms with Gasteiger partial charge in [-0.05, 0) is 26.8 Å². The van der Waals surface area contributed by atoms with Crippen molar-refractivity contribution in [1.82, 2.24) is 4.90 Å². The van der Waals surface area contributed by atoms with Gasteiger partial charge in [0, 0.05) is 19.1 Å². The summed E-state index contributed by atoms with van der Waals surface area (Å²) in [4.78, 5) is 2.02. The summed E-state index contributed by atoms with van der Waals surface area (Å²) < 4.78 is 13.7. The molecule has 1 fully saturated rings. The first-order valence-electron chi connectivity index (χ1n) is 4.15. The van der Waals surface area contributed by atoms with Gasteiger partial charge in [0.05, 0.1) is 0 Å². The zero-order valence-electron chi connectivity index (χ0n) is 7.31. The molecule has 11 heavy (non-hydrogen) atoms. The van der Waals surface area contributed by atoms with Crippen LogP contribution in [0.15, 0.2) is 0 Å². The molecule has 0 aromatic rings. The van der Waals surface area contributed by atoms with Crippen LogP contribution in [-0.4, -0.2) is 36.7 Å². The zero-order valence-corrected chi connectivity index (χ0v) is 7.31. The first-order chi connectivity index (χ1) is 5.02.